The largest absolute Gasteiger partial charge is 0.340 e. The van der Waals surface area contributed by atoms with E-state index in [0.29, 0.717) is 18.9 Å². The topological polar surface area (TPSA) is 46.3 Å². The molecule has 1 rings (SSSR count). The van der Waals surface area contributed by atoms with Gasteiger partial charge in [0.05, 0.1) is 6.04 Å². The molecule has 0 aliphatic rings. The van der Waals surface area contributed by atoms with Crippen molar-refractivity contribution in [1.82, 2.24) is 4.90 Å². The summed E-state index contributed by atoms with van der Waals surface area (Å²) in [6.45, 7) is 4.52. The average Bonchev–Trinajstić information content (AvgIpc) is 2.30. The van der Waals surface area contributed by atoms with Gasteiger partial charge in [0, 0.05) is 13.6 Å². The van der Waals surface area contributed by atoms with Gasteiger partial charge in [0.1, 0.15) is 5.82 Å². The Morgan fingerprint density at radius 2 is 1.84 bits per heavy atom. The molecular formula is C14H22ClFN2O. The number of nitrogens with two attached hydrogens (primary N) is 1. The summed E-state index contributed by atoms with van der Waals surface area (Å²) >= 11 is 0. The summed E-state index contributed by atoms with van der Waals surface area (Å²) in [4.78, 5) is 13.6. The highest BCUT2D eigenvalue weighted by Crippen LogP contribution is 2.09. The fraction of sp³-hybridized carbons (Fsp3) is 0.500. The van der Waals surface area contributed by atoms with Crippen LogP contribution in [0.3, 0.4) is 0 Å². The van der Waals surface area contributed by atoms with Gasteiger partial charge < -0.3 is 10.6 Å². The van der Waals surface area contributed by atoms with Crippen LogP contribution in [-0.4, -0.2) is 23.9 Å². The molecule has 108 valence electrons. The SMILES string of the molecule is CC(C)C[C@H](N)C(=O)N(C)Cc1ccc(F)cc1.Cl. The summed E-state index contributed by atoms with van der Waals surface area (Å²) in [5, 5.41) is 0. The molecule has 0 radical (unpaired) electrons. The maximum atomic E-state index is 12.8. The molecule has 1 atom stereocenters. The van der Waals surface area contributed by atoms with E-state index in [2.05, 4.69) is 0 Å². The Bertz CT molecular complexity index is 395. The molecule has 0 unspecified atom stereocenters. The number of hydrogen-bond acceptors (Lipinski definition) is 2. The third-order valence-electron chi connectivity index (χ3n) is 2.75. The lowest BCUT2D eigenvalue weighted by molar-refractivity contribution is -0.132. The van der Waals surface area contributed by atoms with Crippen LogP contribution in [0, 0.1) is 11.7 Å². The third-order valence-corrected chi connectivity index (χ3v) is 2.75. The van der Waals surface area contributed by atoms with Crippen molar-refractivity contribution in [3.63, 3.8) is 0 Å². The Morgan fingerprint density at radius 1 is 1.32 bits per heavy atom. The first-order valence-electron chi connectivity index (χ1n) is 6.15. The molecule has 3 nitrogen and oxygen atoms in total. The molecule has 1 amide bonds. The van der Waals surface area contributed by atoms with Gasteiger partial charge in [-0.15, -0.1) is 12.4 Å². The zero-order valence-corrected chi connectivity index (χ0v) is 12.4. The molecule has 0 saturated heterocycles. The van der Waals surface area contributed by atoms with E-state index in [0.717, 1.165) is 5.56 Å². The van der Waals surface area contributed by atoms with Gasteiger partial charge in [-0.2, -0.15) is 0 Å². The van der Waals surface area contributed by atoms with Crippen LogP contribution in [0.25, 0.3) is 0 Å². The van der Waals surface area contributed by atoms with E-state index in [1.807, 2.05) is 13.8 Å². The van der Waals surface area contributed by atoms with E-state index in [1.54, 1.807) is 24.1 Å². The molecule has 0 aliphatic heterocycles. The number of rotatable bonds is 5. The van der Waals surface area contributed by atoms with Crippen molar-refractivity contribution >= 4 is 18.3 Å². The molecule has 0 saturated carbocycles. The summed E-state index contributed by atoms with van der Waals surface area (Å²) in [6.07, 6.45) is 0.673. The minimum absolute atomic E-state index is 0. The van der Waals surface area contributed by atoms with Crippen LogP contribution >= 0.6 is 12.4 Å². The average molecular weight is 289 g/mol. The zero-order chi connectivity index (χ0) is 13.7. The van der Waals surface area contributed by atoms with E-state index in [-0.39, 0.29) is 24.1 Å². The van der Waals surface area contributed by atoms with Gasteiger partial charge >= 0.3 is 0 Å². The summed E-state index contributed by atoms with van der Waals surface area (Å²) in [5.41, 5.74) is 6.74. The van der Waals surface area contributed by atoms with E-state index in [9.17, 15) is 9.18 Å². The molecule has 19 heavy (non-hydrogen) atoms. The quantitative estimate of drug-likeness (QED) is 0.905. The predicted molar refractivity (Wildman–Crippen MR) is 77.6 cm³/mol. The highest BCUT2D eigenvalue weighted by molar-refractivity contribution is 5.85. The molecule has 0 bridgehead atoms. The number of hydrogen-bond donors (Lipinski definition) is 1. The second kappa shape index (κ2) is 8.12. The van der Waals surface area contributed by atoms with Crippen LogP contribution in [0.4, 0.5) is 4.39 Å². The lowest BCUT2D eigenvalue weighted by Crippen LogP contribution is -2.42. The van der Waals surface area contributed by atoms with Crippen molar-refractivity contribution in [2.45, 2.75) is 32.9 Å². The second-order valence-electron chi connectivity index (χ2n) is 5.06. The zero-order valence-electron chi connectivity index (χ0n) is 11.6. The molecule has 0 aliphatic carbocycles. The van der Waals surface area contributed by atoms with Crippen LogP contribution in [0.5, 0.6) is 0 Å². The highest BCUT2D eigenvalue weighted by Gasteiger charge is 2.18. The molecule has 0 heterocycles. The van der Waals surface area contributed by atoms with Crippen LogP contribution in [0.1, 0.15) is 25.8 Å². The van der Waals surface area contributed by atoms with Crippen molar-refractivity contribution in [3.05, 3.63) is 35.6 Å². The first kappa shape index (κ1) is 17.9. The summed E-state index contributed by atoms with van der Waals surface area (Å²) < 4.78 is 12.8. The Labute approximate surface area is 120 Å². The maximum Gasteiger partial charge on any atom is 0.239 e. The van der Waals surface area contributed by atoms with Gasteiger partial charge in [0.2, 0.25) is 5.91 Å². The summed E-state index contributed by atoms with van der Waals surface area (Å²) in [5.74, 6) is 0.0421. The summed E-state index contributed by atoms with van der Waals surface area (Å²) in [6, 6.07) is 5.67. The van der Waals surface area contributed by atoms with E-state index >= 15 is 0 Å². The van der Waals surface area contributed by atoms with Crippen LogP contribution in [-0.2, 0) is 11.3 Å². The number of likely N-dealkylation sites (N-methyl/N-ethyl adjacent to an activating group) is 1. The number of halogens is 2. The van der Waals surface area contributed by atoms with Gasteiger partial charge in [-0.3, -0.25) is 4.79 Å². The number of carbonyl (C=O) groups excluding carboxylic acids is 1. The van der Waals surface area contributed by atoms with Crippen LogP contribution < -0.4 is 5.73 Å². The molecule has 5 heteroatoms. The Kier molecular flexibility index (Phi) is 7.64. The fourth-order valence-corrected chi connectivity index (χ4v) is 1.83. The smallest absolute Gasteiger partial charge is 0.239 e. The Hall–Kier alpha value is -1.13. The maximum absolute atomic E-state index is 12.8. The molecular weight excluding hydrogens is 267 g/mol. The fourth-order valence-electron chi connectivity index (χ4n) is 1.83. The van der Waals surface area contributed by atoms with Gasteiger partial charge in [0.25, 0.3) is 0 Å². The highest BCUT2D eigenvalue weighted by atomic mass is 35.5. The Morgan fingerprint density at radius 3 is 2.32 bits per heavy atom. The molecule has 0 spiro atoms. The summed E-state index contributed by atoms with van der Waals surface area (Å²) in [7, 11) is 1.71. The molecule has 0 fully saturated rings. The first-order valence-corrected chi connectivity index (χ1v) is 6.15. The van der Waals surface area contributed by atoms with Gasteiger partial charge in [-0.05, 0) is 30.0 Å². The minimum Gasteiger partial charge on any atom is -0.340 e. The van der Waals surface area contributed by atoms with Crippen molar-refractivity contribution in [1.29, 1.82) is 0 Å². The predicted octanol–water partition coefficient (Wildman–Crippen LogP) is 2.58. The lowest BCUT2D eigenvalue weighted by atomic mass is 10.0. The van der Waals surface area contributed by atoms with Crippen molar-refractivity contribution in [2.24, 2.45) is 11.7 Å². The first-order chi connectivity index (χ1) is 8.40. The number of benzene rings is 1. The molecule has 1 aromatic carbocycles. The van der Waals surface area contributed by atoms with E-state index < -0.39 is 6.04 Å². The van der Waals surface area contributed by atoms with E-state index in [1.165, 1.54) is 12.1 Å². The number of amides is 1. The van der Waals surface area contributed by atoms with Gasteiger partial charge in [-0.25, -0.2) is 4.39 Å². The molecule has 2 N–H and O–H groups in total. The van der Waals surface area contributed by atoms with Crippen molar-refractivity contribution in [3.8, 4) is 0 Å². The third kappa shape index (κ3) is 6.03. The number of carbonyl (C=O) groups is 1. The molecule has 1 aromatic rings. The Balaban J connectivity index is 0.00000324. The van der Waals surface area contributed by atoms with Gasteiger partial charge in [-0.1, -0.05) is 26.0 Å². The minimum atomic E-state index is -0.463. The lowest BCUT2D eigenvalue weighted by Gasteiger charge is -2.22. The standard InChI is InChI=1S/C14H21FN2O.ClH/c1-10(2)8-13(16)14(18)17(3)9-11-4-6-12(15)7-5-11;/h4-7,10,13H,8-9,16H2,1-3H3;1H/t13-;/m0./s1. The normalized spacial score (nSPS) is 11.9. The van der Waals surface area contributed by atoms with Crippen molar-refractivity contribution in [2.75, 3.05) is 7.05 Å². The van der Waals surface area contributed by atoms with E-state index in [4.69, 9.17) is 5.73 Å². The van der Waals surface area contributed by atoms with Gasteiger partial charge in [0.15, 0.2) is 0 Å². The molecule has 0 aromatic heterocycles. The monoisotopic (exact) mass is 288 g/mol. The number of nitrogens with zero attached hydrogens (tertiary/aromatic N) is 1. The van der Waals surface area contributed by atoms with Crippen molar-refractivity contribution < 1.29 is 9.18 Å². The van der Waals surface area contributed by atoms with Crippen LogP contribution in [0.15, 0.2) is 24.3 Å². The second-order valence-corrected chi connectivity index (χ2v) is 5.06. The van der Waals surface area contributed by atoms with Crippen LogP contribution in [0.2, 0.25) is 0 Å².